The number of nitrogens with zero attached hydrogens (tertiary/aromatic N) is 1. The van der Waals surface area contributed by atoms with Crippen molar-refractivity contribution in [3.05, 3.63) is 42.0 Å². The number of hydrogen-bond donors (Lipinski definition) is 1. The third-order valence-corrected chi connectivity index (χ3v) is 5.32. The van der Waals surface area contributed by atoms with Crippen molar-refractivity contribution in [2.45, 2.75) is 11.8 Å². The highest BCUT2D eigenvalue weighted by Gasteiger charge is 2.21. The topological polar surface area (TPSA) is 67.9 Å². The highest BCUT2D eigenvalue weighted by molar-refractivity contribution is 7.92. The maximum atomic E-state index is 12.7. The fraction of sp³-hybridized carbons (Fsp3) is 0.294. The standard InChI is InChI=1S/C17H20N2O4S/c1-12-4-7-15(22-3)17(10-12)24(20,21)18-13-5-6-14-16(11-13)23-9-8-19(14)2/h4-7,10-11,18H,8-9H2,1-3H3. The molecule has 3 rings (SSSR count). The quantitative estimate of drug-likeness (QED) is 0.920. The van der Waals surface area contributed by atoms with Crippen molar-refractivity contribution in [1.82, 2.24) is 0 Å². The second-order valence-corrected chi connectivity index (χ2v) is 7.36. The van der Waals surface area contributed by atoms with Gasteiger partial charge < -0.3 is 14.4 Å². The number of methoxy groups -OCH3 is 1. The monoisotopic (exact) mass is 348 g/mol. The molecule has 0 aromatic heterocycles. The van der Waals surface area contributed by atoms with E-state index in [4.69, 9.17) is 9.47 Å². The predicted molar refractivity (Wildman–Crippen MR) is 93.7 cm³/mol. The van der Waals surface area contributed by atoms with Crippen LogP contribution < -0.4 is 19.1 Å². The summed E-state index contributed by atoms with van der Waals surface area (Å²) < 4.78 is 38.8. The molecule has 128 valence electrons. The minimum absolute atomic E-state index is 0.112. The van der Waals surface area contributed by atoms with Gasteiger partial charge >= 0.3 is 0 Å². The molecular formula is C17H20N2O4S. The molecule has 1 aliphatic heterocycles. The molecular weight excluding hydrogens is 328 g/mol. The number of rotatable bonds is 4. The van der Waals surface area contributed by atoms with E-state index in [0.717, 1.165) is 17.8 Å². The minimum Gasteiger partial charge on any atom is -0.495 e. The van der Waals surface area contributed by atoms with Gasteiger partial charge in [0.25, 0.3) is 10.0 Å². The number of benzene rings is 2. The van der Waals surface area contributed by atoms with Gasteiger partial charge in [-0.2, -0.15) is 0 Å². The van der Waals surface area contributed by atoms with E-state index >= 15 is 0 Å². The predicted octanol–water partition coefficient (Wildman–Crippen LogP) is 2.63. The first-order valence-corrected chi connectivity index (χ1v) is 9.04. The molecule has 0 unspecified atom stereocenters. The molecule has 0 aliphatic carbocycles. The molecule has 24 heavy (non-hydrogen) atoms. The Bertz CT molecular complexity index is 865. The first-order valence-electron chi connectivity index (χ1n) is 7.56. The number of likely N-dealkylation sites (N-methyl/N-ethyl adjacent to an activating group) is 1. The maximum Gasteiger partial charge on any atom is 0.265 e. The molecule has 0 radical (unpaired) electrons. The van der Waals surface area contributed by atoms with Gasteiger partial charge in [0.05, 0.1) is 25.0 Å². The molecule has 2 aromatic carbocycles. The zero-order valence-corrected chi connectivity index (χ0v) is 14.7. The van der Waals surface area contributed by atoms with Gasteiger partial charge in [-0.3, -0.25) is 4.72 Å². The number of hydrogen-bond acceptors (Lipinski definition) is 5. The Morgan fingerprint density at radius 1 is 1.21 bits per heavy atom. The summed E-state index contributed by atoms with van der Waals surface area (Å²) in [5.41, 5.74) is 2.23. The molecule has 0 spiro atoms. The summed E-state index contributed by atoms with van der Waals surface area (Å²) >= 11 is 0. The van der Waals surface area contributed by atoms with Gasteiger partial charge in [0.2, 0.25) is 0 Å². The molecule has 7 heteroatoms. The van der Waals surface area contributed by atoms with Crippen LogP contribution in [0.1, 0.15) is 5.56 Å². The van der Waals surface area contributed by atoms with E-state index in [1.54, 1.807) is 30.3 Å². The molecule has 0 atom stereocenters. The van der Waals surface area contributed by atoms with Crippen molar-refractivity contribution in [2.75, 3.05) is 36.9 Å². The Balaban J connectivity index is 1.94. The van der Waals surface area contributed by atoms with Crippen molar-refractivity contribution < 1.29 is 17.9 Å². The summed E-state index contributed by atoms with van der Waals surface area (Å²) in [5, 5.41) is 0. The first kappa shape index (κ1) is 16.4. The van der Waals surface area contributed by atoms with Gasteiger partial charge in [0.15, 0.2) is 0 Å². The Labute approximate surface area is 142 Å². The largest absolute Gasteiger partial charge is 0.495 e. The lowest BCUT2D eigenvalue weighted by atomic mass is 10.2. The summed E-state index contributed by atoms with van der Waals surface area (Å²) in [5.74, 6) is 0.974. The summed E-state index contributed by atoms with van der Waals surface area (Å²) in [6.45, 7) is 3.21. The smallest absolute Gasteiger partial charge is 0.265 e. The lowest BCUT2D eigenvalue weighted by molar-refractivity contribution is 0.311. The maximum absolute atomic E-state index is 12.7. The van der Waals surface area contributed by atoms with Gasteiger partial charge in [-0.25, -0.2) is 8.42 Å². The number of sulfonamides is 1. The van der Waals surface area contributed by atoms with Crippen molar-refractivity contribution >= 4 is 21.4 Å². The molecule has 0 amide bonds. The molecule has 1 aliphatic rings. The zero-order valence-electron chi connectivity index (χ0n) is 13.9. The third kappa shape index (κ3) is 3.12. The van der Waals surface area contributed by atoms with Gasteiger partial charge in [-0.1, -0.05) is 6.07 Å². The Hall–Kier alpha value is -2.41. The average molecular weight is 348 g/mol. The molecule has 0 saturated heterocycles. The van der Waals surface area contributed by atoms with Gasteiger partial charge in [0.1, 0.15) is 23.0 Å². The fourth-order valence-corrected chi connectivity index (χ4v) is 3.93. The number of nitrogens with one attached hydrogen (secondary N) is 1. The van der Waals surface area contributed by atoms with Crippen LogP contribution in [0.2, 0.25) is 0 Å². The van der Waals surface area contributed by atoms with Crippen LogP contribution >= 0.6 is 0 Å². The van der Waals surface area contributed by atoms with Crippen molar-refractivity contribution in [2.24, 2.45) is 0 Å². The van der Waals surface area contributed by atoms with E-state index in [2.05, 4.69) is 9.62 Å². The second kappa shape index (κ2) is 6.24. The summed E-state index contributed by atoms with van der Waals surface area (Å²) in [6.07, 6.45) is 0. The Kier molecular flexibility index (Phi) is 4.28. The van der Waals surface area contributed by atoms with E-state index < -0.39 is 10.0 Å². The van der Waals surface area contributed by atoms with E-state index in [0.29, 0.717) is 23.8 Å². The average Bonchev–Trinajstić information content (AvgIpc) is 2.54. The molecule has 0 fully saturated rings. The normalized spacial score (nSPS) is 13.9. The molecule has 1 N–H and O–H groups in total. The van der Waals surface area contributed by atoms with Crippen LogP contribution in [0.5, 0.6) is 11.5 Å². The van der Waals surface area contributed by atoms with E-state index in [-0.39, 0.29) is 4.90 Å². The van der Waals surface area contributed by atoms with E-state index in [1.165, 1.54) is 7.11 Å². The molecule has 0 bridgehead atoms. The van der Waals surface area contributed by atoms with E-state index in [1.807, 2.05) is 20.0 Å². The van der Waals surface area contributed by atoms with Crippen LogP contribution in [0, 0.1) is 6.92 Å². The van der Waals surface area contributed by atoms with Crippen LogP contribution in [-0.2, 0) is 10.0 Å². The lowest BCUT2D eigenvalue weighted by Crippen LogP contribution is -2.28. The van der Waals surface area contributed by atoms with Crippen LogP contribution in [0.15, 0.2) is 41.3 Å². The molecule has 2 aromatic rings. The lowest BCUT2D eigenvalue weighted by Gasteiger charge is -2.28. The highest BCUT2D eigenvalue weighted by Crippen LogP contribution is 2.34. The number of anilines is 2. The van der Waals surface area contributed by atoms with Crippen molar-refractivity contribution in [3.8, 4) is 11.5 Å². The zero-order chi connectivity index (χ0) is 17.3. The SMILES string of the molecule is COc1ccc(C)cc1S(=O)(=O)Nc1ccc2c(c1)OCCN2C. The third-order valence-electron chi connectivity index (χ3n) is 3.92. The highest BCUT2D eigenvalue weighted by atomic mass is 32.2. The second-order valence-electron chi connectivity index (χ2n) is 5.71. The Morgan fingerprint density at radius 3 is 2.75 bits per heavy atom. The fourth-order valence-electron chi connectivity index (χ4n) is 2.63. The summed E-state index contributed by atoms with van der Waals surface area (Å²) in [4.78, 5) is 2.18. The number of aryl methyl sites for hydroxylation is 1. The summed E-state index contributed by atoms with van der Waals surface area (Å²) in [6, 6.07) is 10.3. The van der Waals surface area contributed by atoms with Gasteiger partial charge in [0, 0.05) is 13.1 Å². The molecule has 1 heterocycles. The first-order chi connectivity index (χ1) is 11.4. The van der Waals surface area contributed by atoms with Gasteiger partial charge in [-0.15, -0.1) is 0 Å². The Morgan fingerprint density at radius 2 is 2.00 bits per heavy atom. The van der Waals surface area contributed by atoms with Crippen LogP contribution in [0.25, 0.3) is 0 Å². The van der Waals surface area contributed by atoms with Crippen LogP contribution in [0.4, 0.5) is 11.4 Å². The van der Waals surface area contributed by atoms with Crippen molar-refractivity contribution in [1.29, 1.82) is 0 Å². The van der Waals surface area contributed by atoms with Crippen LogP contribution in [0.3, 0.4) is 0 Å². The number of ether oxygens (including phenoxy) is 2. The van der Waals surface area contributed by atoms with Crippen LogP contribution in [-0.4, -0.2) is 35.7 Å². The minimum atomic E-state index is -3.76. The van der Waals surface area contributed by atoms with Gasteiger partial charge in [-0.05, 0) is 36.8 Å². The summed E-state index contributed by atoms with van der Waals surface area (Å²) in [7, 11) is -0.337. The molecule has 0 saturated carbocycles. The molecule has 6 nitrogen and oxygen atoms in total. The van der Waals surface area contributed by atoms with E-state index in [9.17, 15) is 8.42 Å². The number of fused-ring (bicyclic) bond motifs is 1. The van der Waals surface area contributed by atoms with Crippen molar-refractivity contribution in [3.63, 3.8) is 0 Å².